The van der Waals surface area contributed by atoms with E-state index in [1.165, 1.54) is 17.0 Å². The highest BCUT2D eigenvalue weighted by Crippen LogP contribution is 2.22. The van der Waals surface area contributed by atoms with Crippen molar-refractivity contribution in [1.82, 2.24) is 4.90 Å². The van der Waals surface area contributed by atoms with E-state index in [1.807, 2.05) is 13.8 Å². The minimum absolute atomic E-state index is 0.0595. The molecule has 28 heavy (non-hydrogen) atoms. The van der Waals surface area contributed by atoms with Crippen LogP contribution in [0.3, 0.4) is 0 Å². The van der Waals surface area contributed by atoms with E-state index in [2.05, 4.69) is 10.8 Å². The first-order valence-electron chi connectivity index (χ1n) is 8.76. The van der Waals surface area contributed by atoms with E-state index < -0.39 is 12.7 Å². The van der Waals surface area contributed by atoms with Gasteiger partial charge in [0, 0.05) is 13.6 Å². The van der Waals surface area contributed by atoms with Gasteiger partial charge < -0.3 is 14.4 Å². The molecule has 0 fully saturated rings. The van der Waals surface area contributed by atoms with Gasteiger partial charge in [-0.3, -0.25) is 4.79 Å². The van der Waals surface area contributed by atoms with Crippen molar-refractivity contribution in [2.24, 2.45) is 5.92 Å². The van der Waals surface area contributed by atoms with Crippen LogP contribution in [0.25, 0.3) is 0 Å². The number of carbonyl (C=O) groups excluding carboxylic acids is 1. The summed E-state index contributed by atoms with van der Waals surface area (Å²) in [6.45, 7) is 1.12. The number of rotatable bonds is 8. The largest absolute Gasteiger partial charge is 0.479 e. The molecule has 0 N–H and O–H groups in total. The number of ether oxygens (including phenoxy) is 2. The summed E-state index contributed by atoms with van der Waals surface area (Å²) in [4.78, 5) is 14.4. The second kappa shape index (κ2) is 9.70. The lowest BCUT2D eigenvalue weighted by Crippen LogP contribution is -2.42. The molecule has 1 atom stereocenters. The van der Waals surface area contributed by atoms with Gasteiger partial charge in [-0.15, -0.1) is 0 Å². The zero-order valence-electron chi connectivity index (χ0n) is 15.9. The van der Waals surface area contributed by atoms with Gasteiger partial charge in [0.2, 0.25) is 0 Å². The summed E-state index contributed by atoms with van der Waals surface area (Å²) in [5.74, 6) is 0.0577. The molecule has 0 aliphatic carbocycles. The smallest absolute Gasteiger partial charge is 0.387 e. The van der Waals surface area contributed by atoms with Gasteiger partial charge in [-0.05, 0) is 35.7 Å². The number of amides is 1. The monoisotopic (exact) mass is 388 g/mol. The number of benzene rings is 2. The lowest BCUT2D eigenvalue weighted by Gasteiger charge is -2.27. The molecule has 0 heterocycles. The molecule has 7 heteroatoms. The zero-order chi connectivity index (χ0) is 20.7. The van der Waals surface area contributed by atoms with Gasteiger partial charge in [-0.25, -0.2) is 0 Å². The van der Waals surface area contributed by atoms with Gasteiger partial charge in [-0.1, -0.05) is 38.1 Å². The quantitative estimate of drug-likeness (QED) is 0.679. The second-order valence-corrected chi connectivity index (χ2v) is 6.61. The average molecular weight is 388 g/mol. The maximum Gasteiger partial charge on any atom is 0.387 e. The minimum Gasteiger partial charge on any atom is -0.479 e. The number of para-hydroxylation sites is 1. The zero-order valence-corrected chi connectivity index (χ0v) is 15.9. The molecule has 1 unspecified atom stereocenters. The summed E-state index contributed by atoms with van der Waals surface area (Å²) in [6.07, 6.45) is -0.763. The molecule has 0 aliphatic rings. The Morgan fingerprint density at radius 3 is 2.32 bits per heavy atom. The molecule has 0 aliphatic heterocycles. The maximum absolute atomic E-state index is 12.9. The second-order valence-electron chi connectivity index (χ2n) is 6.61. The molecule has 0 spiro atoms. The average Bonchev–Trinajstić information content (AvgIpc) is 2.66. The molecular formula is C21H22F2N2O3. The molecule has 148 valence electrons. The van der Waals surface area contributed by atoms with Crippen LogP contribution in [0.5, 0.6) is 11.5 Å². The van der Waals surface area contributed by atoms with Gasteiger partial charge in [-0.2, -0.15) is 14.0 Å². The van der Waals surface area contributed by atoms with Gasteiger partial charge >= 0.3 is 6.61 Å². The summed E-state index contributed by atoms with van der Waals surface area (Å²) in [7, 11) is 1.64. The van der Waals surface area contributed by atoms with Crippen molar-refractivity contribution >= 4 is 5.91 Å². The Labute approximate surface area is 163 Å². The number of carbonyl (C=O) groups is 1. The highest BCUT2D eigenvalue weighted by Gasteiger charge is 2.28. The summed E-state index contributed by atoms with van der Waals surface area (Å²) < 4.78 is 34.6. The number of nitrogens with zero attached hydrogens (tertiary/aromatic N) is 2. The minimum atomic E-state index is -2.88. The van der Waals surface area contributed by atoms with Gasteiger partial charge in [0.15, 0.2) is 6.10 Å². The Morgan fingerprint density at radius 1 is 1.11 bits per heavy atom. The molecule has 2 aromatic carbocycles. The van der Waals surface area contributed by atoms with E-state index in [-0.39, 0.29) is 24.1 Å². The van der Waals surface area contributed by atoms with Crippen molar-refractivity contribution in [3.63, 3.8) is 0 Å². The van der Waals surface area contributed by atoms with Crippen LogP contribution in [-0.4, -0.2) is 30.6 Å². The highest BCUT2D eigenvalue weighted by molar-refractivity contribution is 5.81. The van der Waals surface area contributed by atoms with Crippen molar-refractivity contribution in [3.05, 3.63) is 59.7 Å². The van der Waals surface area contributed by atoms with Crippen molar-refractivity contribution in [2.75, 3.05) is 7.05 Å². The summed E-state index contributed by atoms with van der Waals surface area (Å²) >= 11 is 0. The van der Waals surface area contributed by atoms with Crippen LogP contribution in [0.4, 0.5) is 8.78 Å². The van der Waals surface area contributed by atoms with Crippen LogP contribution in [0.15, 0.2) is 48.5 Å². The Bertz CT molecular complexity index is 832. The lowest BCUT2D eigenvalue weighted by atomic mass is 10.1. The molecule has 0 saturated carbocycles. The maximum atomic E-state index is 12.9. The van der Waals surface area contributed by atoms with E-state index in [0.29, 0.717) is 11.3 Å². The lowest BCUT2D eigenvalue weighted by molar-refractivity contribution is -0.139. The van der Waals surface area contributed by atoms with Crippen LogP contribution in [-0.2, 0) is 11.3 Å². The summed E-state index contributed by atoms with van der Waals surface area (Å²) in [5, 5.41) is 9.21. The number of hydrogen-bond donors (Lipinski definition) is 0. The third-order valence-corrected chi connectivity index (χ3v) is 4.05. The van der Waals surface area contributed by atoms with Crippen molar-refractivity contribution in [2.45, 2.75) is 33.1 Å². The first kappa shape index (κ1) is 21.2. The predicted octanol–water partition coefficient (Wildman–Crippen LogP) is 4.22. The first-order chi connectivity index (χ1) is 13.3. The fraction of sp³-hybridized carbons (Fsp3) is 0.333. The third kappa shape index (κ3) is 5.68. The van der Waals surface area contributed by atoms with Crippen molar-refractivity contribution in [1.29, 1.82) is 5.26 Å². The van der Waals surface area contributed by atoms with Crippen LogP contribution < -0.4 is 9.47 Å². The molecule has 5 nitrogen and oxygen atoms in total. The fourth-order valence-electron chi connectivity index (χ4n) is 2.62. The van der Waals surface area contributed by atoms with Crippen LogP contribution in [0.1, 0.15) is 25.0 Å². The van der Waals surface area contributed by atoms with Crippen LogP contribution in [0, 0.1) is 17.2 Å². The first-order valence-corrected chi connectivity index (χ1v) is 8.76. The Morgan fingerprint density at radius 2 is 1.75 bits per heavy atom. The molecule has 0 aromatic heterocycles. The Kier molecular flexibility index (Phi) is 7.33. The van der Waals surface area contributed by atoms with E-state index in [0.717, 1.165) is 5.56 Å². The van der Waals surface area contributed by atoms with E-state index in [4.69, 9.17) is 4.74 Å². The predicted molar refractivity (Wildman–Crippen MR) is 100.0 cm³/mol. The standard InChI is InChI=1S/C21H22F2N2O3/c1-14(2)19(28-18-7-5-4-6-16(18)12-24)20(26)25(3)13-15-8-10-17(11-9-15)27-21(22)23/h4-11,14,19,21H,13H2,1-3H3. The summed E-state index contributed by atoms with van der Waals surface area (Å²) in [5.41, 5.74) is 1.12. The number of halogens is 2. The van der Waals surface area contributed by atoms with Crippen molar-refractivity contribution < 1.29 is 23.0 Å². The molecule has 0 radical (unpaired) electrons. The molecule has 0 saturated heterocycles. The van der Waals surface area contributed by atoms with E-state index in [9.17, 15) is 18.8 Å². The molecule has 2 rings (SSSR count). The molecule has 0 bridgehead atoms. The highest BCUT2D eigenvalue weighted by atomic mass is 19.3. The van der Waals surface area contributed by atoms with E-state index >= 15 is 0 Å². The SMILES string of the molecule is CC(C)C(Oc1ccccc1C#N)C(=O)N(C)Cc1ccc(OC(F)F)cc1. The number of likely N-dealkylation sites (N-methyl/N-ethyl adjacent to an activating group) is 1. The number of nitriles is 1. The Hall–Kier alpha value is -3.14. The molecular weight excluding hydrogens is 366 g/mol. The topological polar surface area (TPSA) is 62.6 Å². The van der Waals surface area contributed by atoms with Crippen molar-refractivity contribution in [3.8, 4) is 17.6 Å². The normalized spacial score (nSPS) is 11.8. The summed E-state index contributed by atoms with van der Waals surface area (Å²) in [6, 6.07) is 14.9. The van der Waals surface area contributed by atoms with Gasteiger partial charge in [0.05, 0.1) is 5.56 Å². The molecule has 2 aromatic rings. The fourth-order valence-corrected chi connectivity index (χ4v) is 2.62. The number of alkyl halides is 2. The Balaban J connectivity index is 2.09. The number of hydrogen-bond acceptors (Lipinski definition) is 4. The van der Waals surface area contributed by atoms with E-state index in [1.54, 1.807) is 43.4 Å². The van der Waals surface area contributed by atoms with Gasteiger partial charge in [0.25, 0.3) is 5.91 Å². The molecule has 1 amide bonds. The van der Waals surface area contributed by atoms with Crippen LogP contribution in [0.2, 0.25) is 0 Å². The van der Waals surface area contributed by atoms with Gasteiger partial charge in [0.1, 0.15) is 17.6 Å². The van der Waals surface area contributed by atoms with Crippen LogP contribution >= 0.6 is 0 Å². The third-order valence-electron chi connectivity index (χ3n) is 4.05.